The molecule has 0 bridgehead atoms. The topological polar surface area (TPSA) is 125 Å². The molecular weight excluding hydrogens is 444 g/mol. The van der Waals surface area contributed by atoms with Crippen LogP contribution in [0.4, 0.5) is 5.69 Å². The van der Waals surface area contributed by atoms with Crippen LogP contribution in [0.1, 0.15) is 44.0 Å². The molecule has 8 nitrogen and oxygen atoms in total. The van der Waals surface area contributed by atoms with Crippen LogP contribution in [0, 0.1) is 5.41 Å². The summed E-state index contributed by atoms with van der Waals surface area (Å²) in [6.07, 6.45) is 1.46. The van der Waals surface area contributed by atoms with Crippen LogP contribution in [-0.4, -0.2) is 44.1 Å². The molecule has 0 heterocycles. The minimum absolute atomic E-state index is 0.0247. The number of allylic oxidation sites excluding steroid dienone is 1. The zero-order valence-electron chi connectivity index (χ0n) is 18.9. The molecule has 2 rings (SSSR count). The fourth-order valence-electron chi connectivity index (χ4n) is 3.17. The molecule has 33 heavy (non-hydrogen) atoms. The average Bonchev–Trinajstić information content (AvgIpc) is 2.78. The maximum atomic E-state index is 13.4. The largest absolute Gasteiger partial charge is 0.508 e. The number of nitrogens with zero attached hydrogens (tertiary/aromatic N) is 1. The Hall–Kier alpha value is -3.46. The van der Waals surface area contributed by atoms with Gasteiger partial charge in [0.15, 0.2) is 5.78 Å². The Morgan fingerprint density at radius 3 is 2.30 bits per heavy atom. The zero-order chi connectivity index (χ0) is 24.6. The van der Waals surface area contributed by atoms with E-state index in [1.54, 1.807) is 30.3 Å². The molecule has 176 valence electrons. The molecule has 0 radical (unpaired) electrons. The maximum absolute atomic E-state index is 13.4. The van der Waals surface area contributed by atoms with Crippen molar-refractivity contribution in [2.75, 3.05) is 17.5 Å². The molecule has 0 saturated heterocycles. The molecule has 0 aliphatic heterocycles. The van der Waals surface area contributed by atoms with Crippen LogP contribution in [0.15, 0.2) is 70.8 Å². The lowest BCUT2D eigenvalue weighted by molar-refractivity contribution is -0.113. The van der Waals surface area contributed by atoms with Crippen LogP contribution in [-0.2, 0) is 19.6 Å². The molecule has 0 atom stereocenters. The lowest BCUT2D eigenvalue weighted by Gasteiger charge is -2.24. The van der Waals surface area contributed by atoms with Gasteiger partial charge in [0.05, 0.1) is 21.7 Å². The highest BCUT2D eigenvalue weighted by Gasteiger charge is 2.25. The first kappa shape index (κ1) is 25.8. The van der Waals surface area contributed by atoms with Crippen molar-refractivity contribution in [1.29, 1.82) is 5.41 Å². The van der Waals surface area contributed by atoms with Crippen molar-refractivity contribution in [1.82, 2.24) is 0 Å². The van der Waals surface area contributed by atoms with Crippen LogP contribution in [0.5, 0.6) is 0 Å². The predicted molar refractivity (Wildman–Crippen MR) is 126 cm³/mol. The van der Waals surface area contributed by atoms with Gasteiger partial charge in [-0.15, -0.1) is 0 Å². The molecule has 2 aromatic carbocycles. The van der Waals surface area contributed by atoms with Gasteiger partial charge in [0.1, 0.15) is 12.4 Å². The number of esters is 1. The number of ketones is 1. The van der Waals surface area contributed by atoms with Gasteiger partial charge in [-0.25, -0.2) is 13.2 Å². The quantitative estimate of drug-likeness (QED) is 0.218. The van der Waals surface area contributed by atoms with Gasteiger partial charge in [-0.05, 0) is 50.6 Å². The Morgan fingerprint density at radius 1 is 1.06 bits per heavy atom. The second-order valence-corrected chi connectivity index (χ2v) is 9.24. The maximum Gasteiger partial charge on any atom is 0.338 e. The molecule has 0 spiro atoms. The molecule has 0 unspecified atom stereocenters. The summed E-state index contributed by atoms with van der Waals surface area (Å²) < 4.78 is 33.1. The highest BCUT2D eigenvalue weighted by Crippen LogP contribution is 2.25. The molecule has 0 aromatic heterocycles. The SMILES string of the molecule is CCCCN(c1ccccc1)S(=O)(=O)c1cccc(C(=O)OC/C(O)=C(\C(C)=N)C(C)=O)c1. The van der Waals surface area contributed by atoms with E-state index in [-0.39, 0.29) is 28.3 Å². The summed E-state index contributed by atoms with van der Waals surface area (Å²) in [6, 6.07) is 14.2. The van der Waals surface area contributed by atoms with Crippen molar-refractivity contribution >= 4 is 33.2 Å². The smallest absolute Gasteiger partial charge is 0.338 e. The lowest BCUT2D eigenvalue weighted by Crippen LogP contribution is -2.32. The van der Waals surface area contributed by atoms with E-state index in [4.69, 9.17) is 10.1 Å². The Labute approximate surface area is 194 Å². The van der Waals surface area contributed by atoms with E-state index in [9.17, 15) is 23.1 Å². The minimum atomic E-state index is -3.96. The first-order chi connectivity index (χ1) is 15.6. The number of carbonyl (C=O) groups is 2. The van der Waals surface area contributed by atoms with Crippen LogP contribution in [0.3, 0.4) is 0 Å². The standard InChI is InChI=1S/C24H28N2O6S/c1-4-5-14-26(20-11-7-6-8-12-20)33(30,31)21-13-9-10-19(15-21)24(29)32-16-22(28)23(17(2)25)18(3)27/h6-13,15,25,28H,4-5,14,16H2,1-3H3/b23-22-,25-17?. The van der Waals surface area contributed by atoms with Crippen molar-refractivity contribution in [2.24, 2.45) is 0 Å². The van der Waals surface area contributed by atoms with E-state index in [1.165, 1.54) is 42.4 Å². The van der Waals surface area contributed by atoms with Gasteiger partial charge in [0, 0.05) is 12.3 Å². The van der Waals surface area contributed by atoms with Gasteiger partial charge in [-0.3, -0.25) is 9.10 Å². The number of carbonyl (C=O) groups excluding carboxylic acids is 2. The predicted octanol–water partition coefficient (Wildman–Crippen LogP) is 4.28. The fraction of sp³-hybridized carbons (Fsp3) is 0.292. The second kappa shape index (κ2) is 11.4. The number of Topliss-reactive ketones (excluding diaryl/α,β-unsaturated/α-hetero) is 1. The summed E-state index contributed by atoms with van der Waals surface area (Å²) >= 11 is 0. The number of unbranched alkanes of at least 4 members (excludes halogenated alkanes) is 1. The summed E-state index contributed by atoms with van der Waals surface area (Å²) in [5.41, 5.74) is 0.113. The molecule has 0 fully saturated rings. The lowest BCUT2D eigenvalue weighted by atomic mass is 10.1. The van der Waals surface area contributed by atoms with E-state index in [1.807, 2.05) is 6.92 Å². The summed E-state index contributed by atoms with van der Waals surface area (Å²) in [7, 11) is -3.96. The number of benzene rings is 2. The van der Waals surface area contributed by atoms with Crippen molar-refractivity contribution in [2.45, 2.75) is 38.5 Å². The van der Waals surface area contributed by atoms with Crippen molar-refractivity contribution in [3.05, 3.63) is 71.5 Å². The Balaban J connectivity index is 2.31. The van der Waals surface area contributed by atoms with Crippen LogP contribution < -0.4 is 4.31 Å². The number of anilines is 1. The van der Waals surface area contributed by atoms with Crippen LogP contribution in [0.25, 0.3) is 0 Å². The van der Waals surface area contributed by atoms with Gasteiger partial charge in [0.25, 0.3) is 10.0 Å². The van der Waals surface area contributed by atoms with Gasteiger partial charge in [-0.2, -0.15) is 0 Å². The van der Waals surface area contributed by atoms with E-state index in [2.05, 4.69) is 0 Å². The molecule has 2 N–H and O–H groups in total. The summed E-state index contributed by atoms with van der Waals surface area (Å²) in [5, 5.41) is 17.6. The third-order valence-electron chi connectivity index (χ3n) is 4.77. The van der Waals surface area contributed by atoms with E-state index >= 15 is 0 Å². The van der Waals surface area contributed by atoms with Crippen molar-refractivity contribution in [3.63, 3.8) is 0 Å². The first-order valence-corrected chi connectivity index (χ1v) is 11.9. The van der Waals surface area contributed by atoms with Gasteiger partial charge in [-0.1, -0.05) is 37.6 Å². The number of hydrogen-bond donors (Lipinski definition) is 2. The third-order valence-corrected chi connectivity index (χ3v) is 6.60. The Bertz CT molecular complexity index is 1140. The number of rotatable bonds is 11. The van der Waals surface area contributed by atoms with Crippen LogP contribution >= 0.6 is 0 Å². The highest BCUT2D eigenvalue weighted by atomic mass is 32.2. The molecule has 0 amide bonds. The molecule has 0 saturated carbocycles. The van der Waals surface area contributed by atoms with Crippen molar-refractivity contribution in [3.8, 4) is 0 Å². The second-order valence-electron chi connectivity index (χ2n) is 7.37. The number of para-hydroxylation sites is 1. The number of nitrogens with one attached hydrogen (secondary N) is 1. The van der Waals surface area contributed by atoms with Gasteiger partial charge >= 0.3 is 5.97 Å². The molecule has 2 aromatic rings. The Morgan fingerprint density at radius 2 is 1.73 bits per heavy atom. The van der Waals surface area contributed by atoms with E-state index in [0.29, 0.717) is 12.1 Å². The number of hydrogen-bond acceptors (Lipinski definition) is 7. The monoisotopic (exact) mass is 472 g/mol. The summed E-state index contributed by atoms with van der Waals surface area (Å²) in [4.78, 5) is 24.0. The first-order valence-electron chi connectivity index (χ1n) is 10.4. The van der Waals surface area contributed by atoms with Crippen LogP contribution in [0.2, 0.25) is 0 Å². The van der Waals surface area contributed by atoms with E-state index in [0.717, 1.165) is 6.42 Å². The average molecular weight is 473 g/mol. The molecule has 0 aliphatic rings. The number of sulfonamides is 1. The third kappa shape index (κ3) is 6.52. The number of aliphatic hydroxyl groups excluding tert-OH is 1. The zero-order valence-corrected chi connectivity index (χ0v) is 19.7. The normalized spacial score (nSPS) is 12.0. The van der Waals surface area contributed by atoms with E-state index < -0.39 is 34.1 Å². The number of aliphatic hydroxyl groups is 1. The Kier molecular flexibility index (Phi) is 8.93. The highest BCUT2D eigenvalue weighted by molar-refractivity contribution is 7.92. The number of ether oxygens (including phenoxy) is 1. The summed E-state index contributed by atoms with van der Waals surface area (Å²) in [6.45, 7) is 4.16. The minimum Gasteiger partial charge on any atom is -0.508 e. The van der Waals surface area contributed by atoms with Gasteiger partial charge in [0.2, 0.25) is 0 Å². The molecule has 9 heteroatoms. The van der Waals surface area contributed by atoms with Gasteiger partial charge < -0.3 is 15.3 Å². The molecule has 0 aliphatic carbocycles. The fourth-order valence-corrected chi connectivity index (χ4v) is 4.72. The molecular formula is C24H28N2O6S. The summed E-state index contributed by atoms with van der Waals surface area (Å²) in [5.74, 6) is -1.94. The van der Waals surface area contributed by atoms with Crippen molar-refractivity contribution < 1.29 is 27.9 Å².